The molecular formula is C26H22FN7O. The van der Waals surface area contributed by atoms with Crippen LogP contribution in [0.1, 0.15) is 23.2 Å². The molecule has 5 heterocycles. The number of hydrogen-bond donors (Lipinski definition) is 2. The van der Waals surface area contributed by atoms with E-state index in [9.17, 15) is 4.39 Å². The summed E-state index contributed by atoms with van der Waals surface area (Å²) in [6.07, 6.45) is 9.35. The van der Waals surface area contributed by atoms with E-state index >= 15 is 0 Å². The fourth-order valence-electron chi connectivity index (χ4n) is 5.11. The molecule has 1 aliphatic carbocycles. The first-order valence-electron chi connectivity index (χ1n) is 11.7. The minimum atomic E-state index is -0.430. The van der Waals surface area contributed by atoms with Gasteiger partial charge >= 0.3 is 0 Å². The van der Waals surface area contributed by atoms with Gasteiger partial charge in [-0.05, 0) is 42.5 Å². The van der Waals surface area contributed by atoms with Crippen LogP contribution in [0.5, 0.6) is 0 Å². The zero-order valence-electron chi connectivity index (χ0n) is 18.8. The van der Waals surface area contributed by atoms with Gasteiger partial charge < -0.3 is 15.0 Å². The van der Waals surface area contributed by atoms with Gasteiger partial charge in [0.25, 0.3) is 0 Å². The molecule has 35 heavy (non-hydrogen) atoms. The summed E-state index contributed by atoms with van der Waals surface area (Å²) in [4.78, 5) is 17.1. The Labute approximate surface area is 199 Å². The van der Waals surface area contributed by atoms with Gasteiger partial charge in [0.1, 0.15) is 5.82 Å². The van der Waals surface area contributed by atoms with Crippen molar-refractivity contribution in [2.75, 3.05) is 18.5 Å². The first kappa shape index (κ1) is 20.3. The van der Waals surface area contributed by atoms with E-state index < -0.39 is 5.82 Å². The van der Waals surface area contributed by atoms with Gasteiger partial charge in [0.2, 0.25) is 5.95 Å². The molecule has 0 unspecified atom stereocenters. The smallest absolute Gasteiger partial charge is 0.228 e. The summed E-state index contributed by atoms with van der Waals surface area (Å²) in [5.41, 5.74) is 6.92. The Morgan fingerprint density at radius 2 is 2.09 bits per heavy atom. The summed E-state index contributed by atoms with van der Waals surface area (Å²) in [5, 5.41) is 9.49. The lowest BCUT2D eigenvalue weighted by Gasteiger charge is -2.24. The Morgan fingerprint density at radius 1 is 1.14 bits per heavy atom. The monoisotopic (exact) mass is 467 g/mol. The molecule has 0 radical (unpaired) electrons. The molecule has 4 aromatic heterocycles. The number of H-pyrrole nitrogens is 1. The van der Waals surface area contributed by atoms with Gasteiger partial charge in [0.15, 0.2) is 11.5 Å². The number of anilines is 1. The number of fused-ring (bicyclic) bond motifs is 4. The largest absolute Gasteiger partial charge is 0.373 e. The van der Waals surface area contributed by atoms with E-state index in [-0.39, 0.29) is 6.04 Å². The number of nitrogens with one attached hydrogen (secondary N) is 2. The number of ether oxygens (including phenoxy) is 1. The van der Waals surface area contributed by atoms with Crippen molar-refractivity contribution in [3.05, 3.63) is 77.6 Å². The van der Waals surface area contributed by atoms with Crippen LogP contribution in [0.2, 0.25) is 0 Å². The molecule has 0 fully saturated rings. The number of benzene rings is 1. The van der Waals surface area contributed by atoms with Crippen molar-refractivity contribution in [2.24, 2.45) is 0 Å². The van der Waals surface area contributed by atoms with Crippen LogP contribution in [0.3, 0.4) is 0 Å². The van der Waals surface area contributed by atoms with Crippen molar-refractivity contribution < 1.29 is 9.13 Å². The summed E-state index contributed by atoms with van der Waals surface area (Å²) < 4.78 is 21.2. The molecule has 174 valence electrons. The molecule has 2 N–H and O–H groups in total. The van der Waals surface area contributed by atoms with Crippen molar-refractivity contribution in [2.45, 2.75) is 25.3 Å². The summed E-state index contributed by atoms with van der Waals surface area (Å²) in [6.45, 7) is 1.08. The van der Waals surface area contributed by atoms with E-state index in [2.05, 4.69) is 44.6 Å². The second-order valence-electron chi connectivity index (χ2n) is 9.01. The van der Waals surface area contributed by atoms with Crippen LogP contribution in [-0.4, -0.2) is 48.8 Å². The molecule has 9 heteroatoms. The van der Waals surface area contributed by atoms with E-state index in [0.29, 0.717) is 36.2 Å². The number of aryl methyl sites for hydroxylation is 1. The summed E-state index contributed by atoms with van der Waals surface area (Å²) >= 11 is 0. The molecule has 1 atom stereocenters. The highest BCUT2D eigenvalue weighted by molar-refractivity contribution is 5.85. The molecular weight excluding hydrogens is 445 g/mol. The van der Waals surface area contributed by atoms with E-state index in [1.807, 2.05) is 6.08 Å². The zero-order valence-corrected chi connectivity index (χ0v) is 18.8. The Morgan fingerprint density at radius 3 is 2.97 bits per heavy atom. The SMILES string of the molecule is Fc1cncc(-c2nc(N[C@@H]3CCc4[nH]c5ccccc5c4C3)n3ncc(C4=CCOC4)c3n2)c1. The van der Waals surface area contributed by atoms with Crippen LogP contribution < -0.4 is 5.32 Å². The van der Waals surface area contributed by atoms with Gasteiger partial charge in [0, 0.05) is 40.0 Å². The normalized spacial score (nSPS) is 17.6. The molecule has 0 saturated carbocycles. The molecule has 1 aliphatic heterocycles. The minimum Gasteiger partial charge on any atom is -0.373 e. The maximum atomic E-state index is 14.0. The first-order chi connectivity index (χ1) is 17.2. The van der Waals surface area contributed by atoms with Crippen molar-refractivity contribution >= 4 is 28.1 Å². The van der Waals surface area contributed by atoms with E-state index in [0.717, 1.165) is 30.4 Å². The quantitative estimate of drug-likeness (QED) is 0.412. The van der Waals surface area contributed by atoms with Crippen LogP contribution in [0.25, 0.3) is 33.5 Å². The highest BCUT2D eigenvalue weighted by atomic mass is 19.1. The fourth-order valence-corrected chi connectivity index (χ4v) is 5.11. The number of aromatic amines is 1. The van der Waals surface area contributed by atoms with Crippen LogP contribution in [0.15, 0.2) is 55.0 Å². The maximum Gasteiger partial charge on any atom is 0.228 e. The summed E-state index contributed by atoms with van der Waals surface area (Å²) in [5.74, 6) is 0.547. The highest BCUT2D eigenvalue weighted by Gasteiger charge is 2.25. The zero-order chi connectivity index (χ0) is 23.4. The molecule has 8 nitrogen and oxygen atoms in total. The number of para-hydroxylation sites is 1. The van der Waals surface area contributed by atoms with Gasteiger partial charge in [-0.2, -0.15) is 14.6 Å². The Hall–Kier alpha value is -4.11. The lowest BCUT2D eigenvalue weighted by Crippen LogP contribution is -2.29. The standard InChI is InChI=1S/C26H22FN7O/c27-17-9-16(11-28-12-17)24-32-25-21(15-7-8-35-14-15)13-29-34(25)26(33-24)30-18-5-6-23-20(10-18)19-3-1-2-4-22(19)31-23/h1-4,7,9,11-13,18,31H,5-6,8,10,14H2,(H,30,32,33)/t18-/m1/s1. The molecule has 0 saturated heterocycles. The van der Waals surface area contributed by atoms with Crippen LogP contribution in [0.4, 0.5) is 10.3 Å². The average Bonchev–Trinajstić information content (AvgIpc) is 3.62. The second-order valence-corrected chi connectivity index (χ2v) is 9.01. The predicted octanol–water partition coefficient (Wildman–Crippen LogP) is 4.19. The van der Waals surface area contributed by atoms with E-state index in [1.54, 1.807) is 16.9 Å². The Balaban J connectivity index is 1.31. The van der Waals surface area contributed by atoms with Gasteiger partial charge in [0.05, 0.1) is 25.6 Å². The molecule has 0 spiro atoms. The second kappa shape index (κ2) is 7.99. The predicted molar refractivity (Wildman–Crippen MR) is 131 cm³/mol. The summed E-state index contributed by atoms with van der Waals surface area (Å²) in [7, 11) is 0. The third kappa shape index (κ3) is 3.47. The topological polar surface area (TPSA) is 93.0 Å². The number of nitrogens with zero attached hydrogens (tertiary/aromatic N) is 5. The molecule has 0 bridgehead atoms. The molecule has 2 aliphatic rings. The van der Waals surface area contributed by atoms with Crippen molar-refractivity contribution in [3.8, 4) is 11.4 Å². The van der Waals surface area contributed by atoms with Crippen LogP contribution in [-0.2, 0) is 17.6 Å². The number of aromatic nitrogens is 6. The fraction of sp³-hybridized carbons (Fsp3) is 0.231. The Kier molecular flexibility index (Phi) is 4.63. The number of rotatable bonds is 4. The molecule has 7 rings (SSSR count). The Bertz CT molecular complexity index is 1620. The third-order valence-corrected chi connectivity index (χ3v) is 6.81. The number of pyridine rings is 1. The summed E-state index contributed by atoms with van der Waals surface area (Å²) in [6, 6.07) is 9.99. The van der Waals surface area contributed by atoms with Gasteiger partial charge in [-0.3, -0.25) is 4.98 Å². The van der Waals surface area contributed by atoms with Gasteiger partial charge in [-0.25, -0.2) is 9.37 Å². The van der Waals surface area contributed by atoms with Crippen LogP contribution in [0, 0.1) is 5.82 Å². The minimum absolute atomic E-state index is 0.167. The van der Waals surface area contributed by atoms with Crippen molar-refractivity contribution in [1.82, 2.24) is 29.5 Å². The molecule has 5 aromatic rings. The van der Waals surface area contributed by atoms with Gasteiger partial charge in [-0.1, -0.05) is 24.3 Å². The highest BCUT2D eigenvalue weighted by Crippen LogP contribution is 2.31. The maximum absolute atomic E-state index is 14.0. The molecule has 1 aromatic carbocycles. The van der Waals surface area contributed by atoms with Gasteiger partial charge in [-0.15, -0.1) is 0 Å². The lowest BCUT2D eigenvalue weighted by molar-refractivity contribution is 0.216. The van der Waals surface area contributed by atoms with E-state index in [4.69, 9.17) is 14.7 Å². The number of hydrogen-bond acceptors (Lipinski definition) is 6. The lowest BCUT2D eigenvalue weighted by atomic mass is 9.91. The molecule has 0 amide bonds. The third-order valence-electron chi connectivity index (χ3n) is 6.81. The number of halogens is 1. The first-order valence-corrected chi connectivity index (χ1v) is 11.7. The van der Waals surface area contributed by atoms with E-state index in [1.165, 1.54) is 34.4 Å². The van der Waals surface area contributed by atoms with Crippen molar-refractivity contribution in [3.63, 3.8) is 0 Å². The average molecular weight is 468 g/mol. The van der Waals surface area contributed by atoms with Crippen LogP contribution >= 0.6 is 0 Å². The van der Waals surface area contributed by atoms with Crippen molar-refractivity contribution in [1.29, 1.82) is 0 Å².